The Morgan fingerprint density at radius 1 is 1.17 bits per heavy atom. The normalized spacial score (nSPS) is 18.4. The lowest BCUT2D eigenvalue weighted by molar-refractivity contribution is -0.124. The van der Waals surface area contributed by atoms with E-state index in [0.29, 0.717) is 18.2 Å². The fourth-order valence-electron chi connectivity index (χ4n) is 2.83. The summed E-state index contributed by atoms with van der Waals surface area (Å²) in [5.41, 5.74) is -0.191. The first kappa shape index (κ1) is 15.8. The average molecular weight is 274 g/mol. The zero-order valence-corrected chi connectivity index (χ0v) is 12.7. The lowest BCUT2D eigenvalue weighted by atomic mass is 9.92. The van der Waals surface area contributed by atoms with Gasteiger partial charge in [-0.2, -0.15) is 0 Å². The van der Waals surface area contributed by atoms with Crippen LogP contribution < -0.4 is 5.32 Å². The maximum absolute atomic E-state index is 12.1. The monoisotopic (exact) mass is 273 g/mol. The van der Waals surface area contributed by atoms with Gasteiger partial charge in [-0.3, -0.25) is 4.79 Å². The number of amides is 1. The third-order valence-electron chi connectivity index (χ3n) is 4.46. The quantitative estimate of drug-likeness (QED) is 0.569. The third kappa shape index (κ3) is 4.79. The van der Waals surface area contributed by atoms with Gasteiger partial charge in [-0.05, 0) is 31.6 Å². The van der Waals surface area contributed by atoms with Crippen LogP contribution in [0.3, 0.4) is 0 Å². The molecule has 3 heteroatoms. The van der Waals surface area contributed by atoms with Crippen molar-refractivity contribution in [2.75, 3.05) is 5.88 Å². The molecule has 1 amide bonds. The minimum atomic E-state index is -0.191. The molecule has 1 N–H and O–H groups in total. The molecule has 0 saturated heterocycles. The standard InChI is InChI=1S/C15H28ClNO/c1-3-15(4-2,12-16)17-14(18)11-13-9-7-5-6-8-10-13/h13H,3-12H2,1-2H3,(H,17,18). The summed E-state index contributed by atoms with van der Waals surface area (Å²) in [4.78, 5) is 12.1. The van der Waals surface area contributed by atoms with Crippen molar-refractivity contribution in [3.63, 3.8) is 0 Å². The van der Waals surface area contributed by atoms with Crippen molar-refractivity contribution < 1.29 is 4.79 Å². The van der Waals surface area contributed by atoms with Gasteiger partial charge in [0, 0.05) is 12.3 Å². The maximum Gasteiger partial charge on any atom is 0.220 e. The van der Waals surface area contributed by atoms with Gasteiger partial charge in [0.1, 0.15) is 0 Å². The van der Waals surface area contributed by atoms with Gasteiger partial charge in [-0.15, -0.1) is 11.6 Å². The van der Waals surface area contributed by atoms with Gasteiger partial charge in [-0.1, -0.05) is 39.5 Å². The lowest BCUT2D eigenvalue weighted by Crippen LogP contribution is -2.49. The van der Waals surface area contributed by atoms with E-state index in [9.17, 15) is 4.79 Å². The first-order valence-corrected chi connectivity index (χ1v) is 8.06. The van der Waals surface area contributed by atoms with Crippen molar-refractivity contribution in [1.82, 2.24) is 5.32 Å². The van der Waals surface area contributed by atoms with Crippen LogP contribution in [0, 0.1) is 5.92 Å². The zero-order valence-electron chi connectivity index (χ0n) is 11.9. The Balaban J connectivity index is 2.43. The van der Waals surface area contributed by atoms with Gasteiger partial charge in [0.25, 0.3) is 0 Å². The molecule has 18 heavy (non-hydrogen) atoms. The third-order valence-corrected chi connectivity index (χ3v) is 4.97. The second kappa shape index (κ2) is 8.04. The molecule has 1 rings (SSSR count). The zero-order chi connectivity index (χ0) is 13.4. The molecule has 0 aromatic carbocycles. The van der Waals surface area contributed by atoms with E-state index in [-0.39, 0.29) is 11.4 Å². The lowest BCUT2D eigenvalue weighted by Gasteiger charge is -2.31. The van der Waals surface area contributed by atoms with Gasteiger partial charge in [0.05, 0.1) is 5.54 Å². The summed E-state index contributed by atoms with van der Waals surface area (Å²) in [5.74, 6) is 1.30. The number of hydrogen-bond acceptors (Lipinski definition) is 1. The first-order valence-electron chi connectivity index (χ1n) is 7.52. The summed E-state index contributed by atoms with van der Waals surface area (Å²) < 4.78 is 0. The van der Waals surface area contributed by atoms with Gasteiger partial charge in [0.15, 0.2) is 0 Å². The maximum atomic E-state index is 12.1. The molecule has 0 bridgehead atoms. The predicted octanol–water partition coefficient (Wildman–Crippen LogP) is 4.26. The molecule has 0 radical (unpaired) electrons. The number of carbonyl (C=O) groups is 1. The van der Waals surface area contributed by atoms with Crippen molar-refractivity contribution in [1.29, 1.82) is 0 Å². The van der Waals surface area contributed by atoms with E-state index >= 15 is 0 Å². The van der Waals surface area contributed by atoms with E-state index in [1.807, 2.05) is 0 Å². The number of rotatable bonds is 6. The van der Waals surface area contributed by atoms with Crippen molar-refractivity contribution in [2.24, 2.45) is 5.92 Å². The average Bonchev–Trinajstić information content (AvgIpc) is 2.65. The molecule has 0 unspecified atom stereocenters. The Morgan fingerprint density at radius 2 is 1.72 bits per heavy atom. The fraction of sp³-hybridized carbons (Fsp3) is 0.933. The number of carbonyl (C=O) groups excluding carboxylic acids is 1. The molecule has 1 saturated carbocycles. The largest absolute Gasteiger partial charge is 0.349 e. The van der Waals surface area contributed by atoms with Crippen LogP contribution in [0.1, 0.15) is 71.6 Å². The van der Waals surface area contributed by atoms with E-state index < -0.39 is 0 Å². The first-order chi connectivity index (χ1) is 8.65. The molecule has 0 heterocycles. The summed E-state index contributed by atoms with van der Waals surface area (Å²) >= 11 is 6.02. The van der Waals surface area contributed by atoms with Gasteiger partial charge >= 0.3 is 0 Å². The van der Waals surface area contributed by atoms with E-state index in [2.05, 4.69) is 19.2 Å². The molecule has 1 fully saturated rings. The van der Waals surface area contributed by atoms with Crippen molar-refractivity contribution in [3.05, 3.63) is 0 Å². The molecular weight excluding hydrogens is 246 g/mol. The molecule has 2 nitrogen and oxygen atoms in total. The minimum Gasteiger partial charge on any atom is -0.349 e. The smallest absolute Gasteiger partial charge is 0.220 e. The van der Waals surface area contributed by atoms with Crippen molar-refractivity contribution in [2.45, 2.75) is 77.2 Å². The van der Waals surface area contributed by atoms with E-state index in [4.69, 9.17) is 11.6 Å². The molecule has 0 atom stereocenters. The molecule has 0 aliphatic heterocycles. The van der Waals surface area contributed by atoms with Crippen LogP contribution >= 0.6 is 11.6 Å². The van der Waals surface area contributed by atoms with Crippen LogP contribution in [-0.2, 0) is 4.79 Å². The van der Waals surface area contributed by atoms with Gasteiger partial charge in [-0.25, -0.2) is 0 Å². The minimum absolute atomic E-state index is 0.191. The fourth-order valence-corrected chi connectivity index (χ4v) is 3.27. The van der Waals surface area contributed by atoms with Crippen molar-refractivity contribution >= 4 is 17.5 Å². The van der Waals surface area contributed by atoms with Crippen LogP contribution in [0.15, 0.2) is 0 Å². The number of halogens is 1. The number of nitrogens with one attached hydrogen (secondary N) is 1. The summed E-state index contributed by atoms with van der Waals surface area (Å²) in [5, 5.41) is 3.18. The molecule has 0 aromatic heterocycles. The van der Waals surface area contributed by atoms with Crippen LogP contribution in [0.5, 0.6) is 0 Å². The second-order valence-corrected chi connectivity index (χ2v) is 6.00. The van der Waals surface area contributed by atoms with Crippen LogP contribution in [-0.4, -0.2) is 17.3 Å². The highest BCUT2D eigenvalue weighted by Gasteiger charge is 2.28. The van der Waals surface area contributed by atoms with E-state index in [1.54, 1.807) is 0 Å². The number of alkyl halides is 1. The van der Waals surface area contributed by atoms with E-state index in [1.165, 1.54) is 38.5 Å². The summed E-state index contributed by atoms with van der Waals surface area (Å²) in [6.45, 7) is 4.19. The Labute approximate surface area is 117 Å². The SMILES string of the molecule is CCC(CC)(CCl)NC(=O)CC1CCCCCC1. The van der Waals surface area contributed by atoms with Crippen LogP contribution in [0.4, 0.5) is 0 Å². The highest BCUT2D eigenvalue weighted by molar-refractivity contribution is 6.18. The van der Waals surface area contributed by atoms with E-state index in [0.717, 1.165) is 12.8 Å². The Hall–Kier alpha value is -0.240. The highest BCUT2D eigenvalue weighted by Crippen LogP contribution is 2.26. The van der Waals surface area contributed by atoms with Gasteiger partial charge in [0.2, 0.25) is 5.91 Å². The topological polar surface area (TPSA) is 29.1 Å². The highest BCUT2D eigenvalue weighted by atomic mass is 35.5. The molecule has 0 spiro atoms. The Morgan fingerprint density at radius 3 is 2.17 bits per heavy atom. The number of hydrogen-bond donors (Lipinski definition) is 1. The molecular formula is C15H28ClNO. The Bertz CT molecular complexity index is 235. The van der Waals surface area contributed by atoms with Crippen LogP contribution in [0.2, 0.25) is 0 Å². The van der Waals surface area contributed by atoms with Crippen molar-refractivity contribution in [3.8, 4) is 0 Å². The molecule has 0 aromatic rings. The second-order valence-electron chi connectivity index (χ2n) is 5.73. The van der Waals surface area contributed by atoms with Gasteiger partial charge < -0.3 is 5.32 Å². The molecule has 1 aliphatic rings. The summed E-state index contributed by atoms with van der Waals surface area (Å²) in [6, 6.07) is 0. The predicted molar refractivity (Wildman–Crippen MR) is 78.0 cm³/mol. The van der Waals surface area contributed by atoms with Crippen LogP contribution in [0.25, 0.3) is 0 Å². The Kier molecular flexibility index (Phi) is 7.06. The summed E-state index contributed by atoms with van der Waals surface area (Å²) in [6.07, 6.45) is 10.2. The summed E-state index contributed by atoms with van der Waals surface area (Å²) in [7, 11) is 0. The molecule has 1 aliphatic carbocycles. The molecule has 106 valence electrons.